The number of hydrogen-bond donors (Lipinski definition) is 3. The van der Waals surface area contributed by atoms with E-state index >= 15 is 0 Å². The molecule has 2 aliphatic rings. The van der Waals surface area contributed by atoms with E-state index in [2.05, 4.69) is 82.2 Å². The Morgan fingerprint density at radius 2 is 1.17 bits per heavy atom. The zero-order valence-corrected chi connectivity index (χ0v) is 31.2. The molecule has 2 aromatic heterocycles. The van der Waals surface area contributed by atoms with E-state index in [1.165, 1.54) is 7.05 Å². The minimum Gasteiger partial charge on any atom is -0.465 e. The third-order valence-electron chi connectivity index (χ3n) is 10.9. The number of carbonyl (C=O) groups excluding carboxylic acids is 2. The summed E-state index contributed by atoms with van der Waals surface area (Å²) in [6.07, 6.45) is 6.03. The van der Waals surface area contributed by atoms with Gasteiger partial charge in [0.2, 0.25) is 11.8 Å². The maximum absolute atomic E-state index is 13.6. The molecular weight excluding hydrogens is 656 g/mol. The van der Waals surface area contributed by atoms with Crippen LogP contribution in [0.2, 0.25) is 0 Å². The van der Waals surface area contributed by atoms with Crippen molar-refractivity contribution in [3.8, 4) is 33.6 Å². The van der Waals surface area contributed by atoms with Crippen molar-refractivity contribution in [1.29, 1.82) is 0 Å². The Balaban J connectivity index is 1.11. The van der Waals surface area contributed by atoms with E-state index < -0.39 is 12.1 Å². The van der Waals surface area contributed by atoms with Crippen molar-refractivity contribution < 1.29 is 19.5 Å². The van der Waals surface area contributed by atoms with Crippen LogP contribution in [0.25, 0.3) is 33.6 Å². The van der Waals surface area contributed by atoms with Crippen LogP contribution in [-0.4, -0.2) is 108 Å². The van der Waals surface area contributed by atoms with Gasteiger partial charge in [-0.05, 0) is 73.9 Å². The average Bonchev–Trinajstić information content (AvgIpc) is 3.98. The van der Waals surface area contributed by atoms with Gasteiger partial charge in [-0.15, -0.1) is 0 Å². The Kier molecular flexibility index (Phi) is 11.1. The van der Waals surface area contributed by atoms with Crippen molar-refractivity contribution in [3.05, 3.63) is 72.6 Å². The predicted octanol–water partition coefficient (Wildman–Crippen LogP) is 6.83. The lowest BCUT2D eigenvalue weighted by atomic mass is 10.0. The maximum atomic E-state index is 13.6. The average molecular weight is 709 g/mol. The number of H-pyrrole nitrogens is 2. The molecular formula is C40H52N8O4. The van der Waals surface area contributed by atoms with E-state index in [0.29, 0.717) is 12.4 Å². The number of aromatic amines is 2. The molecule has 0 bridgehead atoms. The normalized spacial score (nSPS) is 18.7. The van der Waals surface area contributed by atoms with E-state index in [-0.39, 0.29) is 35.9 Å². The highest BCUT2D eigenvalue weighted by molar-refractivity contribution is 5.86. The number of carboxylic acid groups (broad SMARTS) is 1. The molecule has 4 aromatic rings. The molecule has 12 heteroatoms. The lowest BCUT2D eigenvalue weighted by molar-refractivity contribution is -0.139. The third kappa shape index (κ3) is 7.34. The summed E-state index contributed by atoms with van der Waals surface area (Å²) in [4.78, 5) is 62.1. The highest BCUT2D eigenvalue weighted by Gasteiger charge is 2.40. The molecule has 2 aliphatic heterocycles. The zero-order chi connectivity index (χ0) is 37.1. The van der Waals surface area contributed by atoms with Gasteiger partial charge < -0.3 is 24.9 Å². The Bertz CT molecular complexity index is 1850. The largest absolute Gasteiger partial charge is 0.465 e. The van der Waals surface area contributed by atoms with Gasteiger partial charge in [-0.25, -0.2) is 14.8 Å². The molecule has 1 unspecified atom stereocenters. The second-order valence-corrected chi connectivity index (χ2v) is 14.4. The van der Waals surface area contributed by atoms with Gasteiger partial charge in [-0.1, -0.05) is 76.2 Å². The number of amides is 3. The van der Waals surface area contributed by atoms with Crippen molar-refractivity contribution in [2.45, 2.75) is 84.5 Å². The molecule has 12 nitrogen and oxygen atoms in total. The summed E-state index contributed by atoms with van der Waals surface area (Å²) < 4.78 is 0. The van der Waals surface area contributed by atoms with Crippen LogP contribution in [-0.2, 0) is 9.59 Å². The lowest BCUT2D eigenvalue weighted by Crippen LogP contribution is -2.51. The number of nitrogens with one attached hydrogen (secondary N) is 2. The Morgan fingerprint density at radius 1 is 0.750 bits per heavy atom. The number of imidazole rings is 2. The molecule has 3 N–H and O–H groups in total. The van der Waals surface area contributed by atoms with Crippen molar-refractivity contribution in [2.24, 2.45) is 5.92 Å². The number of nitrogens with zero attached hydrogens (tertiary/aromatic N) is 6. The Hall–Kier alpha value is -4.97. The van der Waals surface area contributed by atoms with E-state index in [9.17, 15) is 19.5 Å². The van der Waals surface area contributed by atoms with Crippen LogP contribution in [0.15, 0.2) is 60.9 Å². The van der Waals surface area contributed by atoms with Crippen molar-refractivity contribution in [1.82, 2.24) is 39.5 Å². The van der Waals surface area contributed by atoms with E-state index in [1.807, 2.05) is 31.9 Å². The fourth-order valence-electron chi connectivity index (χ4n) is 7.97. The Morgan fingerprint density at radius 3 is 1.58 bits per heavy atom. The smallest absolute Gasteiger partial charge is 0.407 e. The zero-order valence-electron chi connectivity index (χ0n) is 31.2. The minimum absolute atomic E-state index is 0.0364. The monoisotopic (exact) mass is 708 g/mol. The number of aromatic nitrogens is 4. The molecule has 0 spiro atoms. The molecule has 0 aliphatic carbocycles. The molecule has 6 rings (SSSR count). The SMILES string of the molecule is CCN(CC)[C@@H](C)C(=O)N1CCCC1c1ncc(-c2ccc(-c3ccc(-c4cnc([C@@H]5CCCN5C(=O)[C@H](C(C)C)N(C)C(=O)O)[nH]4)cc3)cc2)[nH]1. The van der Waals surface area contributed by atoms with Crippen LogP contribution in [0.4, 0.5) is 4.79 Å². The van der Waals surface area contributed by atoms with Crippen molar-refractivity contribution >= 4 is 17.9 Å². The van der Waals surface area contributed by atoms with Crippen LogP contribution in [0.3, 0.4) is 0 Å². The number of likely N-dealkylation sites (tertiary alicyclic amines) is 2. The molecule has 0 saturated carbocycles. The fraction of sp³-hybridized carbons (Fsp3) is 0.475. The van der Waals surface area contributed by atoms with Gasteiger partial charge >= 0.3 is 6.09 Å². The summed E-state index contributed by atoms with van der Waals surface area (Å²) in [5, 5.41) is 9.57. The number of hydrogen-bond acceptors (Lipinski definition) is 6. The summed E-state index contributed by atoms with van der Waals surface area (Å²) in [7, 11) is 1.46. The second kappa shape index (κ2) is 15.7. The summed E-state index contributed by atoms with van der Waals surface area (Å²) in [5.74, 6) is 1.38. The third-order valence-corrected chi connectivity index (χ3v) is 10.9. The molecule has 3 amide bonds. The van der Waals surface area contributed by atoms with Gasteiger partial charge in [-0.3, -0.25) is 19.4 Å². The van der Waals surface area contributed by atoms with E-state index in [4.69, 9.17) is 4.98 Å². The summed E-state index contributed by atoms with van der Waals surface area (Å²) in [6, 6.07) is 15.5. The first-order chi connectivity index (χ1) is 25.0. The van der Waals surface area contributed by atoms with Crippen LogP contribution >= 0.6 is 0 Å². The van der Waals surface area contributed by atoms with Crippen LogP contribution in [0, 0.1) is 5.92 Å². The van der Waals surface area contributed by atoms with Crippen molar-refractivity contribution in [2.75, 3.05) is 33.2 Å². The summed E-state index contributed by atoms with van der Waals surface area (Å²) in [6.45, 7) is 13.0. The predicted molar refractivity (Wildman–Crippen MR) is 201 cm³/mol. The maximum Gasteiger partial charge on any atom is 0.407 e. The van der Waals surface area contributed by atoms with Crippen LogP contribution in [0.5, 0.6) is 0 Å². The molecule has 2 fully saturated rings. The van der Waals surface area contributed by atoms with E-state index in [1.54, 1.807) is 11.1 Å². The molecule has 2 saturated heterocycles. The van der Waals surface area contributed by atoms with Gasteiger partial charge in [0.1, 0.15) is 17.7 Å². The first kappa shape index (κ1) is 36.8. The first-order valence-electron chi connectivity index (χ1n) is 18.6. The number of carbonyl (C=O) groups is 3. The molecule has 2 aromatic carbocycles. The van der Waals surface area contributed by atoms with Crippen LogP contribution in [0.1, 0.15) is 84.0 Å². The first-order valence-corrected chi connectivity index (χ1v) is 18.6. The Labute approximate surface area is 306 Å². The van der Waals surface area contributed by atoms with Gasteiger partial charge in [-0.2, -0.15) is 0 Å². The fourth-order valence-corrected chi connectivity index (χ4v) is 7.97. The van der Waals surface area contributed by atoms with Gasteiger partial charge in [0.05, 0.1) is 41.9 Å². The molecule has 52 heavy (non-hydrogen) atoms. The van der Waals surface area contributed by atoms with E-state index in [0.717, 1.165) is 89.7 Å². The molecule has 276 valence electrons. The second-order valence-electron chi connectivity index (χ2n) is 14.4. The minimum atomic E-state index is -1.11. The number of benzene rings is 2. The lowest BCUT2D eigenvalue weighted by Gasteiger charge is -2.33. The topological polar surface area (TPSA) is 142 Å². The number of rotatable bonds is 12. The molecule has 4 heterocycles. The quantitative estimate of drug-likeness (QED) is 0.147. The summed E-state index contributed by atoms with van der Waals surface area (Å²) in [5.41, 5.74) is 5.97. The van der Waals surface area contributed by atoms with Gasteiger partial charge in [0.15, 0.2) is 0 Å². The van der Waals surface area contributed by atoms with Gasteiger partial charge in [0, 0.05) is 20.1 Å². The molecule has 4 atom stereocenters. The van der Waals surface area contributed by atoms with Crippen molar-refractivity contribution in [3.63, 3.8) is 0 Å². The number of likely N-dealkylation sites (N-methyl/N-ethyl adjacent to an activating group) is 2. The van der Waals surface area contributed by atoms with Gasteiger partial charge in [0.25, 0.3) is 0 Å². The van der Waals surface area contributed by atoms with Crippen LogP contribution < -0.4 is 0 Å². The summed E-state index contributed by atoms with van der Waals surface area (Å²) >= 11 is 0. The standard InChI is InChI=1S/C40H52N8O4/c1-7-46(8-2)26(5)38(49)47-21-9-11-33(47)36-41-23-31(43-36)29-17-13-27(14-18-29)28-15-19-30(20-16-28)32-24-42-37(44-32)34-12-10-22-48(34)39(50)35(25(3)4)45(6)40(51)52/h13-20,23-26,33-35H,7-12,21-22H2,1-6H3,(H,41,43)(H,42,44)(H,51,52)/t26-,33?,34-,35-/m0/s1. The highest BCUT2D eigenvalue weighted by atomic mass is 16.4. The highest BCUT2D eigenvalue weighted by Crippen LogP contribution is 2.35. The molecule has 0 radical (unpaired) electrons.